The Kier molecular flexibility index (Phi) is 3.35. The van der Waals surface area contributed by atoms with Crippen molar-refractivity contribution in [1.29, 1.82) is 0 Å². The predicted molar refractivity (Wildman–Crippen MR) is 61.7 cm³/mol. The van der Waals surface area contributed by atoms with E-state index in [-0.39, 0.29) is 17.9 Å². The first-order valence-electron chi connectivity index (χ1n) is 5.97. The van der Waals surface area contributed by atoms with Crippen LogP contribution >= 0.6 is 0 Å². The van der Waals surface area contributed by atoms with Gasteiger partial charge in [-0.2, -0.15) is 0 Å². The Morgan fingerprint density at radius 2 is 1.82 bits per heavy atom. The Bertz CT molecular complexity index is 320. The van der Waals surface area contributed by atoms with Gasteiger partial charge in [-0.25, -0.2) is 0 Å². The molecule has 2 N–H and O–H groups in total. The summed E-state index contributed by atoms with van der Waals surface area (Å²) in [6, 6.07) is 0. The Balaban J connectivity index is 1.94. The Morgan fingerprint density at radius 3 is 2.18 bits per heavy atom. The Labute approximate surface area is 101 Å². The van der Waals surface area contributed by atoms with Gasteiger partial charge in [0.15, 0.2) is 0 Å². The molecule has 0 aliphatic carbocycles. The highest BCUT2D eigenvalue weighted by atomic mass is 16.4. The molecule has 2 rings (SSSR count). The van der Waals surface area contributed by atoms with E-state index in [1.54, 1.807) is 6.92 Å². The standard InChI is InChI=1S/C11H19N3O3/c1-9(15)13-2-4-14(5-3-13)11(6-10(16)17)7-12-8-11/h12H,2-8H2,1H3,(H,16,17). The van der Waals surface area contributed by atoms with E-state index in [1.807, 2.05) is 4.90 Å². The normalized spacial score (nSPS) is 24.2. The number of nitrogens with one attached hydrogen (secondary N) is 1. The molecule has 6 nitrogen and oxygen atoms in total. The number of hydrogen-bond donors (Lipinski definition) is 2. The number of carbonyl (C=O) groups is 2. The zero-order chi connectivity index (χ0) is 12.5. The van der Waals surface area contributed by atoms with Gasteiger partial charge in [-0.1, -0.05) is 0 Å². The topological polar surface area (TPSA) is 72.9 Å². The summed E-state index contributed by atoms with van der Waals surface area (Å²) >= 11 is 0. The third-order valence-electron chi connectivity index (χ3n) is 3.78. The van der Waals surface area contributed by atoms with Crippen molar-refractivity contribution in [2.75, 3.05) is 39.3 Å². The van der Waals surface area contributed by atoms with Crippen LogP contribution in [0.4, 0.5) is 0 Å². The summed E-state index contributed by atoms with van der Waals surface area (Å²) in [5, 5.41) is 12.1. The number of carbonyl (C=O) groups excluding carboxylic acids is 1. The number of amides is 1. The van der Waals surface area contributed by atoms with E-state index in [9.17, 15) is 9.59 Å². The zero-order valence-electron chi connectivity index (χ0n) is 10.1. The predicted octanol–water partition coefficient (Wildman–Crippen LogP) is -1.03. The highest BCUT2D eigenvalue weighted by Gasteiger charge is 2.45. The molecule has 1 amide bonds. The summed E-state index contributed by atoms with van der Waals surface area (Å²) in [7, 11) is 0. The van der Waals surface area contributed by atoms with E-state index >= 15 is 0 Å². The summed E-state index contributed by atoms with van der Waals surface area (Å²) in [6.07, 6.45) is 0.181. The molecule has 2 saturated heterocycles. The van der Waals surface area contributed by atoms with Crippen LogP contribution in [0.1, 0.15) is 13.3 Å². The molecule has 0 aromatic rings. The van der Waals surface area contributed by atoms with Gasteiger partial charge in [0.2, 0.25) is 5.91 Å². The van der Waals surface area contributed by atoms with Crippen molar-refractivity contribution < 1.29 is 14.7 Å². The van der Waals surface area contributed by atoms with Crippen LogP contribution in [-0.2, 0) is 9.59 Å². The van der Waals surface area contributed by atoms with Crippen LogP contribution in [0.2, 0.25) is 0 Å². The molecule has 0 aromatic heterocycles. The van der Waals surface area contributed by atoms with Gasteiger partial charge in [0, 0.05) is 46.2 Å². The van der Waals surface area contributed by atoms with E-state index in [2.05, 4.69) is 10.2 Å². The van der Waals surface area contributed by atoms with Gasteiger partial charge in [0.05, 0.1) is 12.0 Å². The fourth-order valence-corrected chi connectivity index (χ4v) is 2.65. The van der Waals surface area contributed by atoms with Crippen molar-refractivity contribution in [2.45, 2.75) is 18.9 Å². The van der Waals surface area contributed by atoms with E-state index in [0.717, 1.165) is 26.2 Å². The lowest BCUT2D eigenvalue weighted by atomic mass is 9.86. The van der Waals surface area contributed by atoms with Crippen molar-refractivity contribution in [1.82, 2.24) is 15.1 Å². The highest BCUT2D eigenvalue weighted by Crippen LogP contribution is 2.26. The molecule has 96 valence electrons. The van der Waals surface area contributed by atoms with E-state index < -0.39 is 5.97 Å². The Morgan fingerprint density at radius 1 is 1.24 bits per heavy atom. The van der Waals surface area contributed by atoms with Crippen LogP contribution in [0.5, 0.6) is 0 Å². The van der Waals surface area contributed by atoms with E-state index in [4.69, 9.17) is 5.11 Å². The fraction of sp³-hybridized carbons (Fsp3) is 0.818. The minimum Gasteiger partial charge on any atom is -0.481 e. The summed E-state index contributed by atoms with van der Waals surface area (Å²) in [5.74, 6) is -0.649. The van der Waals surface area contributed by atoms with Gasteiger partial charge in [-0.05, 0) is 0 Å². The first-order valence-corrected chi connectivity index (χ1v) is 5.97. The quantitative estimate of drug-likeness (QED) is 0.661. The highest BCUT2D eigenvalue weighted by molar-refractivity contribution is 5.73. The largest absolute Gasteiger partial charge is 0.481 e. The number of carboxylic acids is 1. The minimum atomic E-state index is -0.750. The molecule has 2 fully saturated rings. The number of piperazine rings is 1. The van der Waals surface area contributed by atoms with Gasteiger partial charge in [0.1, 0.15) is 0 Å². The lowest BCUT2D eigenvalue weighted by Crippen LogP contribution is -2.72. The summed E-state index contributed by atoms with van der Waals surface area (Å²) < 4.78 is 0. The molecule has 0 radical (unpaired) electrons. The number of hydrogen-bond acceptors (Lipinski definition) is 4. The number of rotatable bonds is 3. The molecule has 2 heterocycles. The van der Waals surface area contributed by atoms with Crippen LogP contribution in [0.25, 0.3) is 0 Å². The smallest absolute Gasteiger partial charge is 0.305 e. The van der Waals surface area contributed by atoms with Crippen LogP contribution in [0, 0.1) is 0 Å². The third kappa shape index (κ3) is 2.42. The first kappa shape index (κ1) is 12.3. The lowest BCUT2D eigenvalue weighted by Gasteiger charge is -2.52. The van der Waals surface area contributed by atoms with Gasteiger partial charge >= 0.3 is 5.97 Å². The second-order valence-electron chi connectivity index (χ2n) is 4.89. The number of carboxylic acid groups (broad SMARTS) is 1. The summed E-state index contributed by atoms with van der Waals surface area (Å²) in [6.45, 7) is 6.00. The second kappa shape index (κ2) is 4.62. The average Bonchev–Trinajstić information content (AvgIpc) is 2.23. The maximum atomic E-state index is 11.2. The van der Waals surface area contributed by atoms with E-state index in [0.29, 0.717) is 13.1 Å². The minimum absolute atomic E-state index is 0.101. The molecule has 17 heavy (non-hydrogen) atoms. The van der Waals surface area contributed by atoms with Crippen molar-refractivity contribution in [3.63, 3.8) is 0 Å². The second-order valence-corrected chi connectivity index (χ2v) is 4.89. The summed E-state index contributed by atoms with van der Waals surface area (Å²) in [4.78, 5) is 26.2. The maximum absolute atomic E-state index is 11.2. The molecule has 0 aromatic carbocycles. The van der Waals surface area contributed by atoms with Gasteiger partial charge in [0.25, 0.3) is 0 Å². The molecule has 0 saturated carbocycles. The van der Waals surface area contributed by atoms with Gasteiger partial charge in [-0.15, -0.1) is 0 Å². The van der Waals surface area contributed by atoms with Crippen molar-refractivity contribution in [3.05, 3.63) is 0 Å². The van der Waals surface area contributed by atoms with Gasteiger partial charge < -0.3 is 15.3 Å². The molecule has 0 spiro atoms. The fourth-order valence-electron chi connectivity index (χ4n) is 2.65. The maximum Gasteiger partial charge on any atom is 0.305 e. The number of nitrogens with zero attached hydrogens (tertiary/aromatic N) is 2. The van der Waals surface area contributed by atoms with Crippen LogP contribution < -0.4 is 5.32 Å². The molecule has 6 heteroatoms. The van der Waals surface area contributed by atoms with Crippen molar-refractivity contribution in [3.8, 4) is 0 Å². The molecule has 0 unspecified atom stereocenters. The number of aliphatic carboxylic acids is 1. The van der Waals surface area contributed by atoms with Crippen molar-refractivity contribution in [2.24, 2.45) is 0 Å². The monoisotopic (exact) mass is 241 g/mol. The molecular weight excluding hydrogens is 222 g/mol. The average molecular weight is 241 g/mol. The summed E-state index contributed by atoms with van der Waals surface area (Å²) in [5.41, 5.74) is -0.227. The SMILES string of the molecule is CC(=O)N1CCN(C2(CC(=O)O)CNC2)CC1. The third-order valence-corrected chi connectivity index (χ3v) is 3.78. The lowest BCUT2D eigenvalue weighted by molar-refractivity contribution is -0.144. The molecule has 0 bridgehead atoms. The van der Waals surface area contributed by atoms with Crippen molar-refractivity contribution >= 4 is 11.9 Å². The Hall–Kier alpha value is -1.14. The zero-order valence-corrected chi connectivity index (χ0v) is 10.1. The molecular formula is C11H19N3O3. The van der Waals surface area contributed by atoms with Crippen LogP contribution in [0.15, 0.2) is 0 Å². The molecule has 0 atom stereocenters. The van der Waals surface area contributed by atoms with Crippen LogP contribution in [0.3, 0.4) is 0 Å². The van der Waals surface area contributed by atoms with Crippen LogP contribution in [-0.4, -0.2) is 71.6 Å². The van der Waals surface area contributed by atoms with Gasteiger partial charge in [-0.3, -0.25) is 14.5 Å². The molecule has 2 aliphatic heterocycles. The first-order chi connectivity index (χ1) is 8.03. The molecule has 2 aliphatic rings. The van der Waals surface area contributed by atoms with E-state index in [1.165, 1.54) is 0 Å².